The second kappa shape index (κ2) is 13.0. The van der Waals surface area contributed by atoms with Gasteiger partial charge in [0.15, 0.2) is 0 Å². The molecule has 3 aromatic carbocycles. The molecular formula is C32H42N4O4Si. The molecule has 1 aliphatic rings. The molecule has 3 aromatic rings. The number of rotatable bonds is 10. The molecule has 218 valence electrons. The number of aryl methyl sites for hydroxylation is 1. The number of carbonyl (C=O) groups excluding carboxylic acids is 1. The molecule has 1 amide bonds. The fraction of sp³-hybridized carbons (Fsp3) is 0.406. The summed E-state index contributed by atoms with van der Waals surface area (Å²) in [5, 5.41) is 16.8. The minimum Gasteiger partial charge on any atom is -0.407 e. The lowest BCUT2D eigenvalue weighted by atomic mass is 9.99. The van der Waals surface area contributed by atoms with Gasteiger partial charge in [-0.25, -0.2) is 0 Å². The van der Waals surface area contributed by atoms with Crippen molar-refractivity contribution in [3.05, 3.63) is 94.0 Å². The lowest BCUT2D eigenvalue weighted by Crippen LogP contribution is -2.66. The Morgan fingerprint density at radius 2 is 1.54 bits per heavy atom. The van der Waals surface area contributed by atoms with Gasteiger partial charge in [-0.1, -0.05) is 81.4 Å². The minimum absolute atomic E-state index is 0.0654. The Kier molecular flexibility index (Phi) is 9.63. The summed E-state index contributed by atoms with van der Waals surface area (Å²) in [6.45, 7) is 10.5. The highest BCUT2D eigenvalue weighted by molar-refractivity contribution is 6.99. The Morgan fingerprint density at radius 3 is 2.02 bits per heavy atom. The first kappa shape index (κ1) is 30.4. The maximum absolute atomic E-state index is 13.0. The zero-order valence-electron chi connectivity index (χ0n) is 24.9. The van der Waals surface area contributed by atoms with Gasteiger partial charge in [0.2, 0.25) is 0 Å². The van der Waals surface area contributed by atoms with Crippen molar-refractivity contribution in [2.45, 2.75) is 38.7 Å². The Labute approximate surface area is 244 Å². The zero-order chi connectivity index (χ0) is 29.6. The number of piperazine rings is 1. The Balaban J connectivity index is 1.68. The molecule has 0 atom stereocenters. The minimum atomic E-state index is -2.69. The molecule has 1 heterocycles. The van der Waals surface area contributed by atoms with Crippen molar-refractivity contribution >= 4 is 36.0 Å². The van der Waals surface area contributed by atoms with Crippen LogP contribution in [0.2, 0.25) is 5.04 Å². The summed E-state index contributed by atoms with van der Waals surface area (Å²) in [6.07, 6.45) is 1.23. The van der Waals surface area contributed by atoms with E-state index in [1.54, 1.807) is 13.1 Å². The number of hydrogen-bond donors (Lipinski definition) is 1. The summed E-state index contributed by atoms with van der Waals surface area (Å²) in [6, 6.07) is 24.1. The van der Waals surface area contributed by atoms with E-state index < -0.39 is 13.2 Å². The van der Waals surface area contributed by atoms with E-state index in [-0.39, 0.29) is 16.6 Å². The second-order valence-electron chi connectivity index (χ2n) is 11.7. The monoisotopic (exact) mass is 574 g/mol. The SMILES string of the molecule is CNC(=O)c1cc([N+](=O)[O-])cc(CCCO[Si](c2ccccc2)(c2ccccc2)C(C)(C)C)c1N1CCN(C)CC1. The van der Waals surface area contributed by atoms with Crippen LogP contribution in [0.4, 0.5) is 11.4 Å². The first-order valence-electron chi connectivity index (χ1n) is 14.3. The van der Waals surface area contributed by atoms with E-state index in [0.29, 0.717) is 25.0 Å². The highest BCUT2D eigenvalue weighted by Gasteiger charge is 2.50. The van der Waals surface area contributed by atoms with Gasteiger partial charge in [-0.3, -0.25) is 14.9 Å². The summed E-state index contributed by atoms with van der Waals surface area (Å²) in [5.41, 5.74) is 1.90. The number of nitro groups is 1. The number of benzene rings is 3. The average Bonchev–Trinajstić information content (AvgIpc) is 2.97. The molecule has 41 heavy (non-hydrogen) atoms. The highest BCUT2D eigenvalue weighted by Crippen LogP contribution is 2.37. The first-order valence-corrected chi connectivity index (χ1v) is 16.2. The number of hydrogen-bond acceptors (Lipinski definition) is 6. The average molecular weight is 575 g/mol. The maximum atomic E-state index is 13.0. The fourth-order valence-corrected chi connectivity index (χ4v) is 10.5. The van der Waals surface area contributed by atoms with Crippen LogP contribution in [0.1, 0.15) is 43.1 Å². The van der Waals surface area contributed by atoms with Gasteiger partial charge >= 0.3 is 0 Å². The first-order chi connectivity index (χ1) is 19.6. The third-order valence-corrected chi connectivity index (χ3v) is 13.0. The molecule has 0 unspecified atom stereocenters. The third kappa shape index (κ3) is 6.53. The van der Waals surface area contributed by atoms with Crippen LogP contribution < -0.4 is 20.6 Å². The van der Waals surface area contributed by atoms with Crippen LogP contribution in [0.5, 0.6) is 0 Å². The van der Waals surface area contributed by atoms with Crippen molar-refractivity contribution < 1.29 is 14.1 Å². The van der Waals surface area contributed by atoms with Gasteiger partial charge in [0, 0.05) is 52.0 Å². The molecule has 0 spiro atoms. The van der Waals surface area contributed by atoms with E-state index in [0.717, 1.165) is 37.4 Å². The number of nitrogens with zero attached hydrogens (tertiary/aromatic N) is 3. The molecular weight excluding hydrogens is 532 g/mol. The number of carbonyl (C=O) groups is 1. The van der Waals surface area contributed by atoms with E-state index in [1.165, 1.54) is 16.4 Å². The molecule has 1 saturated heterocycles. The van der Waals surface area contributed by atoms with Crippen LogP contribution in [-0.4, -0.2) is 70.9 Å². The highest BCUT2D eigenvalue weighted by atomic mass is 28.4. The van der Waals surface area contributed by atoms with Gasteiger partial charge in [0.1, 0.15) is 0 Å². The predicted octanol–water partition coefficient (Wildman–Crippen LogP) is 4.22. The molecule has 1 N–H and O–H groups in total. The van der Waals surface area contributed by atoms with Gasteiger partial charge in [-0.2, -0.15) is 0 Å². The van der Waals surface area contributed by atoms with Crippen LogP contribution in [0, 0.1) is 10.1 Å². The molecule has 0 aliphatic carbocycles. The largest absolute Gasteiger partial charge is 0.407 e. The van der Waals surface area contributed by atoms with Crippen molar-refractivity contribution in [3.63, 3.8) is 0 Å². The Hall–Kier alpha value is -3.53. The van der Waals surface area contributed by atoms with E-state index in [4.69, 9.17) is 4.43 Å². The summed E-state index contributed by atoms with van der Waals surface area (Å²) in [7, 11) is 0.948. The summed E-state index contributed by atoms with van der Waals surface area (Å²) >= 11 is 0. The summed E-state index contributed by atoms with van der Waals surface area (Å²) in [5.74, 6) is -0.313. The van der Waals surface area contributed by atoms with Crippen molar-refractivity contribution in [1.29, 1.82) is 0 Å². The zero-order valence-corrected chi connectivity index (χ0v) is 25.9. The molecule has 0 saturated carbocycles. The number of amides is 1. The van der Waals surface area contributed by atoms with Crippen molar-refractivity contribution in [2.24, 2.45) is 0 Å². The normalized spacial score (nSPS) is 14.6. The quantitative estimate of drug-likeness (QED) is 0.169. The Bertz CT molecular complexity index is 1300. The van der Waals surface area contributed by atoms with Gasteiger partial charge in [0.25, 0.3) is 19.9 Å². The van der Waals surface area contributed by atoms with Gasteiger partial charge in [0.05, 0.1) is 16.2 Å². The molecule has 0 radical (unpaired) electrons. The topological polar surface area (TPSA) is 87.9 Å². The van der Waals surface area contributed by atoms with E-state index in [1.807, 2.05) is 12.1 Å². The van der Waals surface area contributed by atoms with E-state index in [9.17, 15) is 14.9 Å². The van der Waals surface area contributed by atoms with Crippen LogP contribution in [0.15, 0.2) is 72.8 Å². The van der Waals surface area contributed by atoms with Crippen molar-refractivity contribution in [1.82, 2.24) is 10.2 Å². The molecule has 4 rings (SSSR count). The lowest BCUT2D eigenvalue weighted by molar-refractivity contribution is -0.384. The molecule has 1 fully saturated rings. The van der Waals surface area contributed by atoms with E-state index >= 15 is 0 Å². The summed E-state index contributed by atoms with van der Waals surface area (Å²) < 4.78 is 7.07. The standard InChI is InChI=1S/C32H42N4O4Si/c1-32(2,3)41(27-14-8-6-9-15-27,28-16-10-7-11-17-28)40-22-12-13-25-23-26(36(38)39)24-29(31(37)33-4)30(25)35-20-18-34(5)19-21-35/h6-11,14-17,23-24H,12-13,18-22H2,1-5H3,(H,33,37). The second-order valence-corrected chi connectivity index (χ2v) is 16.0. The summed E-state index contributed by atoms with van der Waals surface area (Å²) in [4.78, 5) is 28.9. The van der Waals surface area contributed by atoms with Crippen molar-refractivity contribution in [3.8, 4) is 0 Å². The van der Waals surface area contributed by atoms with Crippen LogP contribution >= 0.6 is 0 Å². The van der Waals surface area contributed by atoms with Gasteiger partial charge in [-0.15, -0.1) is 0 Å². The van der Waals surface area contributed by atoms with Crippen LogP contribution in [0.3, 0.4) is 0 Å². The molecule has 0 aromatic heterocycles. The molecule has 1 aliphatic heterocycles. The number of likely N-dealkylation sites (N-methyl/N-ethyl adjacent to an activating group) is 1. The number of non-ortho nitro benzene ring substituents is 1. The fourth-order valence-electron chi connectivity index (χ4n) is 5.93. The third-order valence-electron chi connectivity index (χ3n) is 8.00. The van der Waals surface area contributed by atoms with Crippen LogP contribution in [0.25, 0.3) is 0 Å². The molecule has 0 bridgehead atoms. The number of anilines is 1. The van der Waals surface area contributed by atoms with Gasteiger partial charge in [-0.05, 0) is 40.9 Å². The van der Waals surface area contributed by atoms with Crippen molar-refractivity contribution in [2.75, 3.05) is 51.8 Å². The molecule has 8 nitrogen and oxygen atoms in total. The number of nitrogens with one attached hydrogen (secondary N) is 1. The lowest BCUT2D eigenvalue weighted by Gasteiger charge is -2.43. The molecule has 9 heteroatoms. The predicted molar refractivity (Wildman–Crippen MR) is 168 cm³/mol. The Morgan fingerprint density at radius 1 is 0.976 bits per heavy atom. The smallest absolute Gasteiger partial charge is 0.270 e. The van der Waals surface area contributed by atoms with Gasteiger partial charge < -0.3 is 19.5 Å². The van der Waals surface area contributed by atoms with E-state index in [2.05, 4.69) is 91.5 Å². The maximum Gasteiger partial charge on any atom is 0.270 e. The number of nitro benzene ring substituents is 1. The van der Waals surface area contributed by atoms with Crippen LogP contribution in [-0.2, 0) is 10.8 Å².